The molecule has 0 bridgehead atoms. The monoisotopic (exact) mass is 295 g/mol. The van der Waals surface area contributed by atoms with Crippen molar-refractivity contribution in [1.82, 2.24) is 15.3 Å². The molecule has 102 valence electrons. The van der Waals surface area contributed by atoms with E-state index in [-0.39, 0.29) is 5.54 Å². The molecule has 3 nitrogen and oxygen atoms in total. The Morgan fingerprint density at radius 2 is 2.16 bits per heavy atom. The molecule has 0 fully saturated rings. The van der Waals surface area contributed by atoms with Gasteiger partial charge >= 0.3 is 0 Å². The number of aromatic nitrogens is 2. The number of benzene rings is 1. The second kappa shape index (κ2) is 5.99. The molecule has 2 N–H and O–H groups in total. The van der Waals surface area contributed by atoms with E-state index in [0.29, 0.717) is 0 Å². The molecule has 0 aliphatic heterocycles. The molecule has 1 aromatic carbocycles. The van der Waals surface area contributed by atoms with Crippen molar-refractivity contribution in [2.45, 2.75) is 42.9 Å². The largest absolute Gasteiger partial charge is 0.339 e. The highest BCUT2D eigenvalue weighted by Crippen LogP contribution is 2.28. The van der Waals surface area contributed by atoms with E-state index in [2.05, 4.69) is 48.2 Å². The molecule has 0 saturated carbocycles. The Morgan fingerprint density at radius 1 is 1.37 bits per heavy atom. The third-order valence-corrected chi connectivity index (χ3v) is 3.78. The summed E-state index contributed by atoms with van der Waals surface area (Å²) in [5.74, 6) is 0. The highest BCUT2D eigenvalue weighted by Gasteiger charge is 2.10. The lowest BCUT2D eigenvalue weighted by Crippen LogP contribution is -2.35. The van der Waals surface area contributed by atoms with Gasteiger partial charge in [-0.3, -0.25) is 0 Å². The van der Waals surface area contributed by atoms with Crippen molar-refractivity contribution in [3.63, 3.8) is 0 Å². The molecule has 0 radical (unpaired) electrons. The number of imidazole rings is 1. The predicted octanol–water partition coefficient (Wildman–Crippen LogP) is 4.10. The van der Waals surface area contributed by atoms with Gasteiger partial charge in [0.15, 0.2) is 5.16 Å². The zero-order valence-corrected chi connectivity index (χ0v) is 12.9. The first-order valence-corrected chi connectivity index (χ1v) is 7.34. The van der Waals surface area contributed by atoms with E-state index in [0.717, 1.165) is 27.2 Å². The average Bonchev–Trinajstić information content (AvgIpc) is 2.79. The highest BCUT2D eigenvalue weighted by atomic mass is 35.5. The molecule has 1 aromatic heterocycles. The number of nitrogens with one attached hydrogen (secondary N) is 2. The summed E-state index contributed by atoms with van der Waals surface area (Å²) in [6, 6.07) is 6.11. The van der Waals surface area contributed by atoms with Gasteiger partial charge in [0.25, 0.3) is 0 Å². The first-order valence-electron chi connectivity index (χ1n) is 6.15. The van der Waals surface area contributed by atoms with Crippen LogP contribution in [-0.2, 0) is 6.54 Å². The third-order valence-electron chi connectivity index (χ3n) is 2.52. The Hall–Kier alpha value is -0.970. The number of rotatable bonds is 4. The van der Waals surface area contributed by atoms with Crippen molar-refractivity contribution in [2.75, 3.05) is 0 Å². The molecule has 0 spiro atoms. The summed E-state index contributed by atoms with van der Waals surface area (Å²) in [4.78, 5) is 8.33. The van der Waals surface area contributed by atoms with Crippen molar-refractivity contribution in [3.05, 3.63) is 41.2 Å². The first kappa shape index (κ1) is 14.4. The summed E-state index contributed by atoms with van der Waals surface area (Å²) in [6.45, 7) is 7.19. The number of H-pyrrole nitrogens is 1. The Morgan fingerprint density at radius 3 is 2.74 bits per heavy atom. The van der Waals surface area contributed by atoms with E-state index in [1.165, 1.54) is 0 Å². The second-order valence-electron chi connectivity index (χ2n) is 5.35. The Bertz CT molecular complexity index is 532. The molecule has 0 saturated heterocycles. The molecule has 0 atom stereocenters. The molecule has 0 aliphatic carbocycles. The van der Waals surface area contributed by atoms with Gasteiger partial charge in [-0.05, 0) is 38.5 Å². The fourth-order valence-electron chi connectivity index (χ4n) is 1.51. The van der Waals surface area contributed by atoms with Crippen LogP contribution >= 0.6 is 23.4 Å². The van der Waals surface area contributed by atoms with Crippen LogP contribution in [0.15, 0.2) is 40.6 Å². The molecular weight excluding hydrogens is 278 g/mol. The highest BCUT2D eigenvalue weighted by molar-refractivity contribution is 7.99. The van der Waals surface area contributed by atoms with Crippen LogP contribution in [0.5, 0.6) is 0 Å². The summed E-state index contributed by atoms with van der Waals surface area (Å²) in [7, 11) is 0. The Kier molecular flexibility index (Phi) is 4.55. The van der Waals surface area contributed by atoms with Gasteiger partial charge < -0.3 is 10.3 Å². The predicted molar refractivity (Wildman–Crippen MR) is 80.8 cm³/mol. The van der Waals surface area contributed by atoms with Crippen LogP contribution in [0, 0.1) is 0 Å². The van der Waals surface area contributed by atoms with Crippen LogP contribution in [0.2, 0.25) is 5.02 Å². The average molecular weight is 296 g/mol. The van der Waals surface area contributed by atoms with Crippen molar-refractivity contribution < 1.29 is 0 Å². The number of nitrogens with zero attached hydrogens (tertiary/aromatic N) is 1. The van der Waals surface area contributed by atoms with Crippen molar-refractivity contribution >= 4 is 23.4 Å². The molecule has 0 unspecified atom stereocenters. The smallest absolute Gasteiger partial charge is 0.170 e. The van der Waals surface area contributed by atoms with Crippen molar-refractivity contribution in [1.29, 1.82) is 0 Å². The van der Waals surface area contributed by atoms with E-state index in [1.54, 1.807) is 18.0 Å². The number of hydrogen-bond donors (Lipinski definition) is 2. The van der Waals surface area contributed by atoms with Crippen LogP contribution in [0.25, 0.3) is 0 Å². The fraction of sp³-hybridized carbons (Fsp3) is 0.357. The maximum absolute atomic E-state index is 6.31. The van der Waals surface area contributed by atoms with Crippen LogP contribution < -0.4 is 5.32 Å². The lowest BCUT2D eigenvalue weighted by Gasteiger charge is -2.21. The molecule has 2 rings (SSSR count). The van der Waals surface area contributed by atoms with Gasteiger partial charge in [-0.2, -0.15) is 0 Å². The maximum Gasteiger partial charge on any atom is 0.170 e. The van der Waals surface area contributed by atoms with Gasteiger partial charge in [0.1, 0.15) is 0 Å². The van der Waals surface area contributed by atoms with Crippen LogP contribution in [0.3, 0.4) is 0 Å². The second-order valence-corrected chi connectivity index (χ2v) is 6.82. The molecule has 19 heavy (non-hydrogen) atoms. The SMILES string of the molecule is CC(C)(C)NCc1ccc(Sc2ncc[nH]2)cc1Cl. The van der Waals surface area contributed by atoms with Gasteiger partial charge in [-0.25, -0.2) is 4.98 Å². The minimum absolute atomic E-state index is 0.0882. The third kappa shape index (κ3) is 4.56. The van der Waals surface area contributed by atoms with Gasteiger partial charge in [0, 0.05) is 34.4 Å². The van der Waals surface area contributed by atoms with E-state index in [4.69, 9.17) is 11.6 Å². The topological polar surface area (TPSA) is 40.7 Å². The summed E-state index contributed by atoms with van der Waals surface area (Å²) in [5, 5.41) is 5.09. The lowest BCUT2D eigenvalue weighted by molar-refractivity contribution is 0.424. The van der Waals surface area contributed by atoms with E-state index < -0.39 is 0 Å². The van der Waals surface area contributed by atoms with Gasteiger partial charge in [0.05, 0.1) is 0 Å². The minimum Gasteiger partial charge on any atom is -0.339 e. The quantitative estimate of drug-likeness (QED) is 0.892. The fourth-order valence-corrected chi connectivity index (χ4v) is 2.60. The van der Waals surface area contributed by atoms with Gasteiger partial charge in [-0.15, -0.1) is 0 Å². The minimum atomic E-state index is 0.0882. The normalized spacial score (nSPS) is 11.8. The van der Waals surface area contributed by atoms with E-state index in [1.807, 2.05) is 12.3 Å². The zero-order valence-electron chi connectivity index (χ0n) is 11.3. The standard InChI is InChI=1S/C14H18ClN3S/c1-14(2,3)18-9-10-4-5-11(8-12(10)15)19-13-16-6-7-17-13/h4-8,18H,9H2,1-3H3,(H,16,17). The summed E-state index contributed by atoms with van der Waals surface area (Å²) >= 11 is 7.88. The summed E-state index contributed by atoms with van der Waals surface area (Å²) in [6.07, 6.45) is 3.55. The van der Waals surface area contributed by atoms with Gasteiger partial charge in [0.2, 0.25) is 0 Å². The van der Waals surface area contributed by atoms with Crippen molar-refractivity contribution in [2.24, 2.45) is 0 Å². The van der Waals surface area contributed by atoms with Gasteiger partial charge in [-0.1, -0.05) is 29.4 Å². The molecule has 1 heterocycles. The molecule has 0 amide bonds. The first-order chi connectivity index (χ1) is 8.94. The molecular formula is C14H18ClN3S. The lowest BCUT2D eigenvalue weighted by atomic mass is 10.1. The number of aromatic amines is 1. The molecule has 2 aromatic rings. The summed E-state index contributed by atoms with van der Waals surface area (Å²) in [5.41, 5.74) is 1.20. The zero-order chi connectivity index (χ0) is 13.9. The van der Waals surface area contributed by atoms with E-state index in [9.17, 15) is 0 Å². The Balaban J connectivity index is 2.04. The van der Waals surface area contributed by atoms with Crippen LogP contribution in [0.4, 0.5) is 0 Å². The van der Waals surface area contributed by atoms with E-state index >= 15 is 0 Å². The van der Waals surface area contributed by atoms with Crippen LogP contribution in [-0.4, -0.2) is 15.5 Å². The number of hydrogen-bond acceptors (Lipinski definition) is 3. The summed E-state index contributed by atoms with van der Waals surface area (Å²) < 4.78 is 0. The number of halogens is 1. The molecule has 5 heteroatoms. The Labute approximate surface area is 123 Å². The maximum atomic E-state index is 6.31. The van der Waals surface area contributed by atoms with Crippen LogP contribution in [0.1, 0.15) is 26.3 Å². The van der Waals surface area contributed by atoms with Crippen molar-refractivity contribution in [3.8, 4) is 0 Å². The molecule has 0 aliphatic rings.